The molecule has 2 rings (SSSR count). The SMILES string of the molecule is COc1ccc(C=NNc2nnc(C)n2N)cc1Br.Cl. The summed E-state index contributed by atoms with van der Waals surface area (Å²) in [6.07, 6.45) is 1.65. The second-order valence-corrected chi connectivity index (χ2v) is 4.56. The maximum Gasteiger partial charge on any atom is 0.263 e. The maximum absolute atomic E-state index is 5.68. The van der Waals surface area contributed by atoms with Crippen molar-refractivity contribution in [2.75, 3.05) is 18.4 Å². The topological polar surface area (TPSA) is 90.3 Å². The van der Waals surface area contributed by atoms with Crippen LogP contribution in [0.2, 0.25) is 0 Å². The Morgan fingerprint density at radius 1 is 1.45 bits per heavy atom. The van der Waals surface area contributed by atoms with Gasteiger partial charge in [0.05, 0.1) is 17.8 Å². The third kappa shape index (κ3) is 3.61. The van der Waals surface area contributed by atoms with Crippen LogP contribution in [0.3, 0.4) is 0 Å². The third-order valence-corrected chi connectivity index (χ3v) is 3.04. The van der Waals surface area contributed by atoms with Gasteiger partial charge < -0.3 is 10.6 Å². The highest BCUT2D eigenvalue weighted by molar-refractivity contribution is 9.10. The number of aryl methyl sites for hydroxylation is 1. The zero-order chi connectivity index (χ0) is 13.8. The number of ether oxygens (including phenoxy) is 1. The molecule has 20 heavy (non-hydrogen) atoms. The Labute approximate surface area is 130 Å². The normalized spacial score (nSPS) is 10.3. The zero-order valence-corrected chi connectivity index (χ0v) is 13.3. The summed E-state index contributed by atoms with van der Waals surface area (Å²) in [6.45, 7) is 1.75. The van der Waals surface area contributed by atoms with Crippen LogP contribution in [0, 0.1) is 6.92 Å². The van der Waals surface area contributed by atoms with Gasteiger partial charge in [-0.1, -0.05) is 0 Å². The van der Waals surface area contributed by atoms with Gasteiger partial charge in [0, 0.05) is 0 Å². The van der Waals surface area contributed by atoms with Crippen molar-refractivity contribution >= 4 is 40.5 Å². The molecule has 7 nitrogen and oxygen atoms in total. The summed E-state index contributed by atoms with van der Waals surface area (Å²) in [5, 5.41) is 11.7. The molecule has 0 aliphatic heterocycles. The van der Waals surface area contributed by atoms with Crippen LogP contribution in [0.15, 0.2) is 27.8 Å². The van der Waals surface area contributed by atoms with Gasteiger partial charge in [0.15, 0.2) is 5.82 Å². The number of hydrogen-bond acceptors (Lipinski definition) is 6. The molecule has 108 valence electrons. The minimum Gasteiger partial charge on any atom is -0.496 e. The number of rotatable bonds is 4. The molecule has 0 aliphatic rings. The fourth-order valence-corrected chi connectivity index (χ4v) is 1.93. The lowest BCUT2D eigenvalue weighted by molar-refractivity contribution is 0.412. The molecule has 0 unspecified atom stereocenters. The lowest BCUT2D eigenvalue weighted by Gasteiger charge is -2.03. The average molecular weight is 362 g/mol. The molecule has 0 fully saturated rings. The number of anilines is 1. The molecule has 0 saturated carbocycles. The summed E-state index contributed by atoms with van der Waals surface area (Å²) in [6, 6.07) is 5.62. The van der Waals surface area contributed by atoms with Gasteiger partial charge in [-0.2, -0.15) is 5.10 Å². The van der Waals surface area contributed by atoms with Crippen molar-refractivity contribution in [1.29, 1.82) is 0 Å². The molecule has 2 aromatic rings. The van der Waals surface area contributed by atoms with Gasteiger partial charge in [-0.25, -0.2) is 10.1 Å². The van der Waals surface area contributed by atoms with Crippen molar-refractivity contribution in [3.05, 3.63) is 34.1 Å². The Balaban J connectivity index is 0.00000200. The molecule has 1 heterocycles. The van der Waals surface area contributed by atoms with Crippen LogP contribution in [0.25, 0.3) is 0 Å². The first-order valence-electron chi connectivity index (χ1n) is 5.41. The first kappa shape index (κ1) is 16.3. The van der Waals surface area contributed by atoms with Crippen molar-refractivity contribution in [3.63, 3.8) is 0 Å². The predicted molar refractivity (Wildman–Crippen MR) is 84.1 cm³/mol. The van der Waals surface area contributed by atoms with Gasteiger partial charge in [0.2, 0.25) is 0 Å². The second-order valence-electron chi connectivity index (χ2n) is 3.70. The highest BCUT2D eigenvalue weighted by Gasteiger charge is 2.03. The average Bonchev–Trinajstić information content (AvgIpc) is 2.71. The number of nitrogens with one attached hydrogen (secondary N) is 1. The molecule has 0 aliphatic carbocycles. The van der Waals surface area contributed by atoms with E-state index in [0.717, 1.165) is 15.8 Å². The van der Waals surface area contributed by atoms with Gasteiger partial charge in [-0.3, -0.25) is 0 Å². The van der Waals surface area contributed by atoms with Crippen molar-refractivity contribution < 1.29 is 4.74 Å². The summed E-state index contributed by atoms with van der Waals surface area (Å²) in [7, 11) is 1.62. The summed E-state index contributed by atoms with van der Waals surface area (Å²) < 4.78 is 7.33. The van der Waals surface area contributed by atoms with Gasteiger partial charge in [0.1, 0.15) is 5.75 Å². The molecule has 9 heteroatoms. The molecule has 3 N–H and O–H groups in total. The van der Waals surface area contributed by atoms with Crippen LogP contribution in [0.5, 0.6) is 5.75 Å². The lowest BCUT2D eigenvalue weighted by Crippen LogP contribution is -2.13. The minimum absolute atomic E-state index is 0. The Hall–Kier alpha value is -1.80. The molecule has 0 bridgehead atoms. The second kappa shape index (κ2) is 7.11. The Kier molecular flexibility index (Phi) is 5.78. The maximum atomic E-state index is 5.68. The molecule has 0 amide bonds. The fourth-order valence-electron chi connectivity index (χ4n) is 1.37. The van der Waals surface area contributed by atoms with Crippen LogP contribution in [0.1, 0.15) is 11.4 Å². The molecule has 1 aromatic carbocycles. The minimum atomic E-state index is 0. The van der Waals surface area contributed by atoms with Gasteiger partial charge in [0.25, 0.3) is 5.95 Å². The summed E-state index contributed by atoms with van der Waals surface area (Å²) in [4.78, 5) is 0. The molecule has 0 spiro atoms. The number of hydrazone groups is 1. The smallest absolute Gasteiger partial charge is 0.263 e. The lowest BCUT2D eigenvalue weighted by atomic mass is 10.2. The van der Waals surface area contributed by atoms with Crippen molar-refractivity contribution in [2.24, 2.45) is 5.10 Å². The zero-order valence-electron chi connectivity index (χ0n) is 10.9. The van der Waals surface area contributed by atoms with Gasteiger partial charge in [-0.15, -0.1) is 22.6 Å². The first-order chi connectivity index (χ1) is 9.11. The molecular weight excluding hydrogens is 348 g/mol. The Bertz CT molecular complexity index is 615. The molecule has 0 atom stereocenters. The van der Waals surface area contributed by atoms with Crippen LogP contribution < -0.4 is 16.0 Å². The Morgan fingerprint density at radius 2 is 2.20 bits per heavy atom. The van der Waals surface area contributed by atoms with Crippen molar-refractivity contribution in [2.45, 2.75) is 6.92 Å². The van der Waals surface area contributed by atoms with Crippen molar-refractivity contribution in [1.82, 2.24) is 14.9 Å². The third-order valence-electron chi connectivity index (χ3n) is 2.42. The molecular formula is C11H14BrClN6O. The van der Waals surface area contributed by atoms with E-state index in [9.17, 15) is 0 Å². The van der Waals surface area contributed by atoms with Crippen LogP contribution in [0.4, 0.5) is 5.95 Å². The number of halogens is 2. The molecule has 1 aromatic heterocycles. The number of nitrogens with zero attached hydrogens (tertiary/aromatic N) is 4. The van der Waals surface area contributed by atoms with Crippen LogP contribution in [-0.4, -0.2) is 28.2 Å². The van der Waals surface area contributed by atoms with Crippen LogP contribution >= 0.6 is 28.3 Å². The number of aromatic nitrogens is 3. The van der Waals surface area contributed by atoms with Crippen LogP contribution in [-0.2, 0) is 0 Å². The monoisotopic (exact) mass is 360 g/mol. The van der Waals surface area contributed by atoms with E-state index in [2.05, 4.69) is 36.7 Å². The standard InChI is InChI=1S/C11H13BrN6O.ClH/c1-7-15-17-11(18(7)13)16-14-6-8-3-4-10(19-2)9(12)5-8;/h3-6H,13H2,1-2H3,(H,16,17);1H. The summed E-state index contributed by atoms with van der Waals surface area (Å²) in [5.41, 5.74) is 3.62. The number of methoxy groups -OCH3 is 1. The molecule has 0 radical (unpaired) electrons. The molecule has 0 saturated heterocycles. The van der Waals surface area contributed by atoms with Crippen molar-refractivity contribution in [3.8, 4) is 5.75 Å². The number of nitrogens with two attached hydrogens (primary N) is 1. The van der Waals surface area contributed by atoms with E-state index in [1.165, 1.54) is 4.68 Å². The number of hydrogen-bond donors (Lipinski definition) is 2. The fraction of sp³-hybridized carbons (Fsp3) is 0.182. The van der Waals surface area contributed by atoms with Gasteiger partial charge >= 0.3 is 0 Å². The van der Waals surface area contributed by atoms with E-state index >= 15 is 0 Å². The van der Waals surface area contributed by atoms with E-state index in [4.69, 9.17) is 10.6 Å². The Morgan fingerprint density at radius 3 is 2.75 bits per heavy atom. The largest absolute Gasteiger partial charge is 0.496 e. The highest BCUT2D eigenvalue weighted by Crippen LogP contribution is 2.24. The van der Waals surface area contributed by atoms with E-state index in [1.807, 2.05) is 18.2 Å². The van der Waals surface area contributed by atoms with E-state index in [1.54, 1.807) is 20.2 Å². The predicted octanol–water partition coefficient (Wildman–Crippen LogP) is 1.94. The summed E-state index contributed by atoms with van der Waals surface area (Å²) in [5.74, 6) is 7.42. The number of benzene rings is 1. The van der Waals surface area contributed by atoms with E-state index < -0.39 is 0 Å². The first-order valence-corrected chi connectivity index (χ1v) is 6.21. The highest BCUT2D eigenvalue weighted by atomic mass is 79.9. The van der Waals surface area contributed by atoms with E-state index in [-0.39, 0.29) is 12.4 Å². The quantitative estimate of drug-likeness (QED) is 0.493. The number of nitrogen functional groups attached to an aromatic ring is 1. The van der Waals surface area contributed by atoms with E-state index in [0.29, 0.717) is 11.8 Å². The van der Waals surface area contributed by atoms with Gasteiger partial charge in [-0.05, 0) is 46.6 Å². The summed E-state index contributed by atoms with van der Waals surface area (Å²) >= 11 is 3.41.